The van der Waals surface area contributed by atoms with E-state index in [2.05, 4.69) is 49.2 Å². The number of H-pyrrole nitrogens is 1. The SMILES string of the molecule is CN1CCN(c2ccc(-c3nc(C(=O)Nc4nccs4)c(-c4ccc(Cl)cc4)[nH]3)cc2)CC1. The summed E-state index contributed by atoms with van der Waals surface area (Å²) in [5, 5.41) is 5.80. The van der Waals surface area contributed by atoms with E-state index in [1.807, 2.05) is 29.6 Å². The van der Waals surface area contributed by atoms with Gasteiger partial charge in [0.1, 0.15) is 5.82 Å². The van der Waals surface area contributed by atoms with Gasteiger partial charge in [-0.15, -0.1) is 11.3 Å². The first-order valence-corrected chi connectivity index (χ1v) is 11.9. The molecule has 0 unspecified atom stereocenters. The number of piperazine rings is 1. The zero-order valence-electron chi connectivity index (χ0n) is 18.1. The topological polar surface area (TPSA) is 77.2 Å². The second-order valence-electron chi connectivity index (χ2n) is 7.94. The molecule has 168 valence electrons. The molecule has 3 heterocycles. The first-order valence-electron chi connectivity index (χ1n) is 10.7. The molecule has 1 amide bonds. The second kappa shape index (κ2) is 9.35. The number of thiazole rings is 1. The Balaban J connectivity index is 1.46. The maximum Gasteiger partial charge on any atom is 0.278 e. The Hall–Kier alpha value is -3.20. The maximum absolute atomic E-state index is 13.0. The number of anilines is 2. The van der Waals surface area contributed by atoms with Crippen LogP contribution < -0.4 is 10.2 Å². The number of amides is 1. The van der Waals surface area contributed by atoms with Gasteiger partial charge >= 0.3 is 0 Å². The van der Waals surface area contributed by atoms with E-state index in [-0.39, 0.29) is 5.91 Å². The molecule has 0 atom stereocenters. The van der Waals surface area contributed by atoms with Crippen LogP contribution in [0.3, 0.4) is 0 Å². The van der Waals surface area contributed by atoms with Crippen molar-refractivity contribution in [2.24, 2.45) is 0 Å². The Kier molecular flexibility index (Phi) is 6.13. The average Bonchev–Trinajstić information content (AvgIpc) is 3.51. The number of nitrogens with zero attached hydrogens (tertiary/aromatic N) is 4. The van der Waals surface area contributed by atoms with Gasteiger partial charge in [0, 0.05) is 59.6 Å². The fraction of sp³-hybridized carbons (Fsp3) is 0.208. The van der Waals surface area contributed by atoms with Crippen molar-refractivity contribution in [3.63, 3.8) is 0 Å². The van der Waals surface area contributed by atoms with Gasteiger partial charge in [-0.3, -0.25) is 10.1 Å². The van der Waals surface area contributed by atoms with Gasteiger partial charge in [0.25, 0.3) is 5.91 Å². The van der Waals surface area contributed by atoms with E-state index in [9.17, 15) is 4.79 Å². The number of hydrogen-bond donors (Lipinski definition) is 2. The molecule has 1 aliphatic heterocycles. The Bertz CT molecular complexity index is 1230. The van der Waals surface area contributed by atoms with Crippen LogP contribution in [-0.2, 0) is 0 Å². The zero-order valence-corrected chi connectivity index (χ0v) is 19.7. The highest BCUT2D eigenvalue weighted by atomic mass is 35.5. The minimum atomic E-state index is -0.313. The highest BCUT2D eigenvalue weighted by Gasteiger charge is 2.21. The maximum atomic E-state index is 13.0. The van der Waals surface area contributed by atoms with Gasteiger partial charge in [0.15, 0.2) is 10.8 Å². The lowest BCUT2D eigenvalue weighted by Gasteiger charge is -2.34. The third-order valence-corrected chi connectivity index (χ3v) is 6.65. The smallest absolute Gasteiger partial charge is 0.278 e. The number of carbonyl (C=O) groups is 1. The van der Waals surface area contributed by atoms with E-state index in [0.717, 1.165) is 37.3 Å². The molecule has 9 heteroatoms. The largest absolute Gasteiger partial charge is 0.369 e. The molecule has 4 aromatic rings. The summed E-state index contributed by atoms with van der Waals surface area (Å²) in [6, 6.07) is 15.6. The van der Waals surface area contributed by atoms with Crippen LogP contribution in [-0.4, -0.2) is 59.0 Å². The lowest BCUT2D eigenvalue weighted by Crippen LogP contribution is -2.44. The summed E-state index contributed by atoms with van der Waals surface area (Å²) >= 11 is 7.43. The van der Waals surface area contributed by atoms with Crippen molar-refractivity contribution in [1.29, 1.82) is 0 Å². The van der Waals surface area contributed by atoms with Crippen LogP contribution in [0.1, 0.15) is 10.5 Å². The van der Waals surface area contributed by atoms with Crippen molar-refractivity contribution >= 4 is 39.7 Å². The molecule has 0 bridgehead atoms. The molecule has 0 spiro atoms. The van der Waals surface area contributed by atoms with Crippen molar-refractivity contribution in [1.82, 2.24) is 19.9 Å². The molecule has 5 rings (SSSR count). The molecule has 0 aliphatic carbocycles. The lowest BCUT2D eigenvalue weighted by atomic mass is 10.1. The standard InChI is InChI=1S/C24H23ClN6OS/c1-30-11-13-31(14-12-30)19-8-4-17(5-9-19)22-27-20(16-2-6-18(25)7-3-16)21(28-22)23(32)29-24-26-10-15-33-24/h2-10,15H,11-14H2,1H3,(H,27,28)(H,26,29,32). The minimum absolute atomic E-state index is 0.311. The van der Waals surface area contributed by atoms with Crippen LogP contribution in [0, 0.1) is 0 Å². The van der Waals surface area contributed by atoms with Crippen molar-refractivity contribution < 1.29 is 4.79 Å². The van der Waals surface area contributed by atoms with E-state index < -0.39 is 0 Å². The third-order valence-electron chi connectivity index (χ3n) is 5.71. The normalized spacial score (nSPS) is 14.4. The van der Waals surface area contributed by atoms with Gasteiger partial charge in [0.2, 0.25) is 0 Å². The molecule has 2 N–H and O–H groups in total. The van der Waals surface area contributed by atoms with Crippen LogP contribution in [0.25, 0.3) is 22.6 Å². The van der Waals surface area contributed by atoms with E-state index >= 15 is 0 Å². The Labute approximate surface area is 201 Å². The molecule has 1 saturated heterocycles. The number of aromatic nitrogens is 3. The van der Waals surface area contributed by atoms with Crippen LogP contribution in [0.5, 0.6) is 0 Å². The van der Waals surface area contributed by atoms with Gasteiger partial charge in [-0.25, -0.2) is 9.97 Å². The first-order chi connectivity index (χ1) is 16.1. The van der Waals surface area contributed by atoms with Crippen molar-refractivity contribution in [3.8, 4) is 22.6 Å². The monoisotopic (exact) mass is 478 g/mol. The number of rotatable bonds is 5. The van der Waals surface area contributed by atoms with Crippen LogP contribution in [0.4, 0.5) is 10.8 Å². The predicted molar refractivity (Wildman–Crippen MR) is 134 cm³/mol. The molecule has 2 aromatic heterocycles. The zero-order chi connectivity index (χ0) is 22.8. The van der Waals surface area contributed by atoms with Crippen molar-refractivity contribution in [2.45, 2.75) is 0 Å². The van der Waals surface area contributed by atoms with Gasteiger partial charge in [-0.05, 0) is 43.4 Å². The number of halogens is 1. The van der Waals surface area contributed by atoms with E-state index in [1.54, 1.807) is 18.3 Å². The lowest BCUT2D eigenvalue weighted by molar-refractivity contribution is 0.102. The summed E-state index contributed by atoms with van der Waals surface area (Å²) in [5.41, 5.74) is 3.88. The second-order valence-corrected chi connectivity index (χ2v) is 9.28. The Morgan fingerprint density at radius 2 is 1.73 bits per heavy atom. The highest BCUT2D eigenvalue weighted by Crippen LogP contribution is 2.29. The third kappa shape index (κ3) is 4.78. The van der Waals surface area contributed by atoms with Crippen molar-refractivity contribution in [3.05, 3.63) is 70.8 Å². The summed E-state index contributed by atoms with van der Waals surface area (Å²) in [6.07, 6.45) is 1.65. The highest BCUT2D eigenvalue weighted by molar-refractivity contribution is 7.13. The Morgan fingerprint density at radius 3 is 2.39 bits per heavy atom. The number of hydrogen-bond acceptors (Lipinski definition) is 6. The van der Waals surface area contributed by atoms with Crippen molar-refractivity contribution in [2.75, 3.05) is 43.4 Å². The number of imidazole rings is 1. The first kappa shape index (κ1) is 21.6. The van der Waals surface area contributed by atoms with Gasteiger partial charge in [-0.2, -0.15) is 0 Å². The van der Waals surface area contributed by atoms with Gasteiger partial charge < -0.3 is 14.8 Å². The number of carbonyl (C=O) groups excluding carboxylic acids is 1. The molecular weight excluding hydrogens is 456 g/mol. The molecule has 0 saturated carbocycles. The summed E-state index contributed by atoms with van der Waals surface area (Å²) < 4.78 is 0. The number of aromatic amines is 1. The fourth-order valence-electron chi connectivity index (χ4n) is 3.84. The molecule has 1 aliphatic rings. The Morgan fingerprint density at radius 1 is 1.03 bits per heavy atom. The minimum Gasteiger partial charge on any atom is -0.369 e. The van der Waals surface area contributed by atoms with Crippen LogP contribution in [0.15, 0.2) is 60.1 Å². The molecule has 7 nitrogen and oxygen atoms in total. The van der Waals surface area contributed by atoms with Crippen LogP contribution in [0.2, 0.25) is 5.02 Å². The summed E-state index contributed by atoms with van der Waals surface area (Å²) in [4.78, 5) is 29.9. The van der Waals surface area contributed by atoms with E-state index in [1.165, 1.54) is 17.0 Å². The fourth-order valence-corrected chi connectivity index (χ4v) is 4.49. The molecular formula is C24H23ClN6OS. The molecule has 1 fully saturated rings. The predicted octanol–water partition coefficient (Wildman–Crippen LogP) is 4.86. The van der Waals surface area contributed by atoms with E-state index in [4.69, 9.17) is 11.6 Å². The number of likely N-dealkylation sites (N-methyl/N-ethyl adjacent to an activating group) is 1. The molecule has 2 aromatic carbocycles. The van der Waals surface area contributed by atoms with Crippen LogP contribution >= 0.6 is 22.9 Å². The quantitative estimate of drug-likeness (QED) is 0.428. The van der Waals surface area contributed by atoms with Gasteiger partial charge in [0.05, 0.1) is 5.69 Å². The average molecular weight is 479 g/mol. The summed E-state index contributed by atoms with van der Waals surface area (Å²) in [5.74, 6) is 0.320. The molecule has 33 heavy (non-hydrogen) atoms. The summed E-state index contributed by atoms with van der Waals surface area (Å²) in [6.45, 7) is 4.14. The molecule has 0 radical (unpaired) electrons. The van der Waals surface area contributed by atoms with Gasteiger partial charge in [-0.1, -0.05) is 23.7 Å². The van der Waals surface area contributed by atoms with E-state index in [0.29, 0.717) is 27.4 Å². The summed E-state index contributed by atoms with van der Waals surface area (Å²) in [7, 11) is 2.15. The number of benzene rings is 2. The number of nitrogens with one attached hydrogen (secondary N) is 2.